The molecule has 0 bridgehead atoms. The highest BCUT2D eigenvalue weighted by atomic mass is 16.5. The van der Waals surface area contributed by atoms with Crippen LogP contribution in [0.4, 0.5) is 0 Å². The molecule has 0 aliphatic carbocycles. The van der Waals surface area contributed by atoms with E-state index in [1.807, 2.05) is 6.92 Å². The number of aldehydes is 1. The van der Waals surface area contributed by atoms with E-state index in [1.54, 1.807) is 0 Å². The molecule has 2 aliphatic heterocycles. The van der Waals surface area contributed by atoms with Crippen molar-refractivity contribution < 1.29 is 14.6 Å². The molecule has 0 aromatic heterocycles. The molecule has 0 aromatic rings. The van der Waals surface area contributed by atoms with Crippen LogP contribution in [0.1, 0.15) is 26.2 Å². The first kappa shape index (κ1) is 13.0. The quantitative estimate of drug-likeness (QED) is 0.736. The van der Waals surface area contributed by atoms with Gasteiger partial charge in [-0.05, 0) is 45.2 Å². The summed E-state index contributed by atoms with van der Waals surface area (Å²) in [6.07, 6.45) is 3.81. The lowest BCUT2D eigenvalue weighted by atomic mass is 9.86. The highest BCUT2D eigenvalue weighted by molar-refractivity contribution is 5.60. The fourth-order valence-corrected chi connectivity index (χ4v) is 2.92. The van der Waals surface area contributed by atoms with E-state index in [2.05, 4.69) is 4.90 Å². The predicted molar refractivity (Wildman–Crippen MR) is 64.8 cm³/mol. The monoisotopic (exact) mass is 241 g/mol. The summed E-state index contributed by atoms with van der Waals surface area (Å²) in [4.78, 5) is 13.6. The molecule has 17 heavy (non-hydrogen) atoms. The second-order valence-electron chi connectivity index (χ2n) is 5.64. The van der Waals surface area contributed by atoms with Crippen LogP contribution in [-0.2, 0) is 9.53 Å². The van der Waals surface area contributed by atoms with Gasteiger partial charge in [-0.3, -0.25) is 0 Å². The molecular weight excluding hydrogens is 218 g/mol. The van der Waals surface area contributed by atoms with Crippen LogP contribution >= 0.6 is 0 Å². The Balaban J connectivity index is 1.83. The van der Waals surface area contributed by atoms with Gasteiger partial charge in [0.15, 0.2) is 0 Å². The standard InChI is InChI=1S/C13H23NO3/c1-11(16)12-2-5-14(6-3-12)8-13(9-15)4-7-17-10-13/h9,11-12,16H,2-8,10H2,1H3. The van der Waals surface area contributed by atoms with Gasteiger partial charge in [0.2, 0.25) is 0 Å². The minimum Gasteiger partial charge on any atom is -0.393 e. The van der Waals surface area contributed by atoms with Crippen molar-refractivity contribution in [2.75, 3.05) is 32.8 Å². The number of carbonyl (C=O) groups excluding carboxylic acids is 1. The van der Waals surface area contributed by atoms with Crippen molar-refractivity contribution in [2.45, 2.75) is 32.3 Å². The Bertz CT molecular complexity index is 253. The number of ether oxygens (including phenoxy) is 1. The summed E-state index contributed by atoms with van der Waals surface area (Å²) in [5, 5.41) is 9.55. The molecule has 2 unspecified atom stereocenters. The Morgan fingerprint density at radius 2 is 2.24 bits per heavy atom. The van der Waals surface area contributed by atoms with Gasteiger partial charge in [-0.1, -0.05) is 0 Å². The minimum atomic E-state index is -0.266. The van der Waals surface area contributed by atoms with Crippen LogP contribution in [0, 0.1) is 11.3 Å². The summed E-state index contributed by atoms with van der Waals surface area (Å²) in [5.41, 5.74) is -0.266. The Hall–Kier alpha value is -0.450. The zero-order valence-electron chi connectivity index (χ0n) is 10.6. The molecule has 1 N–H and O–H groups in total. The SMILES string of the molecule is CC(O)C1CCN(CC2(C=O)CCOC2)CC1. The maximum Gasteiger partial charge on any atom is 0.129 e. The van der Waals surface area contributed by atoms with Crippen LogP contribution in [0.2, 0.25) is 0 Å². The molecule has 2 heterocycles. The normalized spacial score (nSPS) is 33.8. The summed E-state index contributed by atoms with van der Waals surface area (Å²) < 4.78 is 5.35. The fraction of sp³-hybridized carbons (Fsp3) is 0.923. The third-order valence-electron chi connectivity index (χ3n) is 4.24. The molecule has 0 saturated carbocycles. The molecule has 0 amide bonds. The number of piperidine rings is 1. The van der Waals surface area contributed by atoms with E-state index in [-0.39, 0.29) is 11.5 Å². The zero-order chi connectivity index (χ0) is 12.3. The number of likely N-dealkylation sites (tertiary alicyclic amines) is 1. The number of carbonyl (C=O) groups is 1. The van der Waals surface area contributed by atoms with E-state index in [1.165, 1.54) is 0 Å². The van der Waals surface area contributed by atoms with Crippen molar-refractivity contribution in [3.8, 4) is 0 Å². The van der Waals surface area contributed by atoms with Crippen molar-refractivity contribution in [1.29, 1.82) is 0 Å². The Morgan fingerprint density at radius 1 is 1.53 bits per heavy atom. The average Bonchev–Trinajstić information content (AvgIpc) is 2.79. The van der Waals surface area contributed by atoms with Crippen LogP contribution in [0.3, 0.4) is 0 Å². The maximum atomic E-state index is 11.2. The van der Waals surface area contributed by atoms with E-state index >= 15 is 0 Å². The number of aliphatic hydroxyl groups is 1. The fourth-order valence-electron chi connectivity index (χ4n) is 2.92. The largest absolute Gasteiger partial charge is 0.393 e. The van der Waals surface area contributed by atoms with Crippen LogP contribution in [0.15, 0.2) is 0 Å². The van der Waals surface area contributed by atoms with Gasteiger partial charge in [0.25, 0.3) is 0 Å². The first-order valence-electron chi connectivity index (χ1n) is 6.60. The summed E-state index contributed by atoms with van der Waals surface area (Å²) in [6, 6.07) is 0. The molecule has 4 heteroatoms. The predicted octanol–water partition coefficient (Wildman–Crippen LogP) is 0.685. The van der Waals surface area contributed by atoms with Gasteiger partial charge in [0.1, 0.15) is 6.29 Å². The van der Waals surface area contributed by atoms with Gasteiger partial charge in [0, 0.05) is 13.2 Å². The van der Waals surface area contributed by atoms with Crippen molar-refractivity contribution in [1.82, 2.24) is 4.90 Å². The summed E-state index contributed by atoms with van der Waals surface area (Å²) in [7, 11) is 0. The van der Waals surface area contributed by atoms with Crippen molar-refractivity contribution >= 4 is 6.29 Å². The number of nitrogens with zero attached hydrogens (tertiary/aromatic N) is 1. The van der Waals surface area contributed by atoms with E-state index in [4.69, 9.17) is 4.74 Å². The Kier molecular flexibility index (Phi) is 4.17. The first-order valence-corrected chi connectivity index (χ1v) is 6.60. The van der Waals surface area contributed by atoms with Crippen molar-refractivity contribution in [2.24, 2.45) is 11.3 Å². The van der Waals surface area contributed by atoms with Crippen LogP contribution in [-0.4, -0.2) is 55.2 Å². The molecular formula is C13H23NO3. The van der Waals surface area contributed by atoms with Crippen LogP contribution < -0.4 is 0 Å². The topological polar surface area (TPSA) is 49.8 Å². The lowest BCUT2D eigenvalue weighted by Gasteiger charge is -2.36. The molecule has 2 aliphatic rings. The van der Waals surface area contributed by atoms with Gasteiger partial charge in [0.05, 0.1) is 18.1 Å². The third kappa shape index (κ3) is 3.06. The number of aliphatic hydroxyl groups excluding tert-OH is 1. The second-order valence-corrected chi connectivity index (χ2v) is 5.64. The molecule has 0 aromatic carbocycles. The molecule has 2 saturated heterocycles. The van der Waals surface area contributed by atoms with Crippen LogP contribution in [0.25, 0.3) is 0 Å². The molecule has 2 atom stereocenters. The Labute approximate surface area is 103 Å². The highest BCUT2D eigenvalue weighted by Gasteiger charge is 2.37. The molecule has 0 radical (unpaired) electrons. The third-order valence-corrected chi connectivity index (χ3v) is 4.24. The van der Waals surface area contributed by atoms with E-state index in [9.17, 15) is 9.90 Å². The summed E-state index contributed by atoms with van der Waals surface area (Å²) in [5.74, 6) is 0.429. The van der Waals surface area contributed by atoms with Crippen molar-refractivity contribution in [3.05, 3.63) is 0 Å². The second kappa shape index (κ2) is 5.46. The smallest absolute Gasteiger partial charge is 0.129 e. The number of hydrogen-bond donors (Lipinski definition) is 1. The van der Waals surface area contributed by atoms with Gasteiger partial charge in [-0.25, -0.2) is 0 Å². The van der Waals surface area contributed by atoms with E-state index in [0.29, 0.717) is 19.1 Å². The lowest BCUT2D eigenvalue weighted by Crippen LogP contribution is -2.44. The van der Waals surface area contributed by atoms with E-state index in [0.717, 1.165) is 45.2 Å². The summed E-state index contributed by atoms with van der Waals surface area (Å²) in [6.45, 7) is 5.97. The lowest BCUT2D eigenvalue weighted by molar-refractivity contribution is -0.117. The molecule has 2 fully saturated rings. The Morgan fingerprint density at radius 3 is 2.71 bits per heavy atom. The van der Waals surface area contributed by atoms with Crippen LogP contribution in [0.5, 0.6) is 0 Å². The average molecular weight is 241 g/mol. The summed E-state index contributed by atoms with van der Waals surface area (Å²) >= 11 is 0. The number of rotatable bonds is 4. The molecule has 4 nitrogen and oxygen atoms in total. The molecule has 2 rings (SSSR count). The van der Waals surface area contributed by atoms with Gasteiger partial charge < -0.3 is 19.5 Å². The maximum absolute atomic E-state index is 11.2. The first-order chi connectivity index (χ1) is 8.15. The zero-order valence-corrected chi connectivity index (χ0v) is 10.6. The van der Waals surface area contributed by atoms with Gasteiger partial charge in [-0.15, -0.1) is 0 Å². The van der Waals surface area contributed by atoms with Gasteiger partial charge in [-0.2, -0.15) is 0 Å². The molecule has 98 valence electrons. The van der Waals surface area contributed by atoms with Gasteiger partial charge >= 0.3 is 0 Å². The van der Waals surface area contributed by atoms with E-state index < -0.39 is 0 Å². The highest BCUT2D eigenvalue weighted by Crippen LogP contribution is 2.29. The molecule has 0 spiro atoms. The van der Waals surface area contributed by atoms with Crippen molar-refractivity contribution in [3.63, 3.8) is 0 Å². The minimum absolute atomic E-state index is 0.202. The number of hydrogen-bond acceptors (Lipinski definition) is 4.